The maximum atomic E-state index is 12.4. The monoisotopic (exact) mass is 295 g/mol. The van der Waals surface area contributed by atoms with Crippen molar-refractivity contribution in [3.05, 3.63) is 28.8 Å². The summed E-state index contributed by atoms with van der Waals surface area (Å²) in [5.74, 6) is -0.681. The lowest BCUT2D eigenvalue weighted by Gasteiger charge is -2.32. The number of amides is 2. The molecule has 0 aliphatic carbocycles. The Bertz CT molecular complexity index is 539. The van der Waals surface area contributed by atoms with E-state index in [1.807, 2.05) is 6.92 Å². The van der Waals surface area contributed by atoms with Crippen LogP contribution in [0.15, 0.2) is 18.2 Å². The minimum absolute atomic E-state index is 0.0672. The van der Waals surface area contributed by atoms with Crippen LogP contribution >= 0.6 is 11.6 Å². The molecule has 1 unspecified atom stereocenters. The molecule has 1 aliphatic rings. The molecule has 1 aromatic carbocycles. The SMILES string of the molecule is CC1(C(=O)Nc2ccc(Cl)c(C(N)=O)c2)CCCNC1. The second-order valence-electron chi connectivity index (χ2n) is 5.35. The van der Waals surface area contributed by atoms with Crippen LogP contribution in [-0.2, 0) is 4.79 Å². The standard InChI is InChI=1S/C14H18ClN3O2/c1-14(5-2-6-17-8-14)13(20)18-9-3-4-11(15)10(7-9)12(16)19/h3-4,7,17H,2,5-6,8H2,1H3,(H2,16,19)(H,18,20). The molecule has 0 aromatic heterocycles. The van der Waals surface area contributed by atoms with Gasteiger partial charge in [-0.2, -0.15) is 0 Å². The molecule has 2 amide bonds. The lowest BCUT2D eigenvalue weighted by Crippen LogP contribution is -2.46. The molecule has 0 radical (unpaired) electrons. The third kappa shape index (κ3) is 3.11. The van der Waals surface area contributed by atoms with Crippen molar-refractivity contribution >= 4 is 29.1 Å². The van der Waals surface area contributed by atoms with Gasteiger partial charge in [0.1, 0.15) is 0 Å². The van der Waals surface area contributed by atoms with Gasteiger partial charge in [-0.3, -0.25) is 9.59 Å². The number of carbonyl (C=O) groups excluding carboxylic acids is 2. The van der Waals surface area contributed by atoms with Crippen LogP contribution < -0.4 is 16.4 Å². The molecule has 1 fully saturated rings. The highest BCUT2D eigenvalue weighted by Gasteiger charge is 2.34. The van der Waals surface area contributed by atoms with Gasteiger partial charge in [0.25, 0.3) is 0 Å². The van der Waals surface area contributed by atoms with E-state index in [4.69, 9.17) is 17.3 Å². The minimum Gasteiger partial charge on any atom is -0.366 e. The van der Waals surface area contributed by atoms with Gasteiger partial charge >= 0.3 is 0 Å². The van der Waals surface area contributed by atoms with Gasteiger partial charge in [-0.15, -0.1) is 0 Å². The van der Waals surface area contributed by atoms with Crippen LogP contribution in [0.4, 0.5) is 5.69 Å². The van der Waals surface area contributed by atoms with Gasteiger partial charge in [-0.05, 0) is 44.5 Å². The van der Waals surface area contributed by atoms with Crippen LogP contribution in [0, 0.1) is 5.41 Å². The normalized spacial score (nSPS) is 22.3. The Balaban J connectivity index is 2.15. The highest BCUT2D eigenvalue weighted by atomic mass is 35.5. The number of primary amides is 1. The fourth-order valence-corrected chi connectivity index (χ4v) is 2.53. The number of nitrogens with two attached hydrogens (primary N) is 1. The highest BCUT2D eigenvalue weighted by Crippen LogP contribution is 2.28. The lowest BCUT2D eigenvalue weighted by molar-refractivity contribution is -0.125. The second kappa shape index (κ2) is 5.81. The number of rotatable bonds is 3. The third-order valence-electron chi connectivity index (χ3n) is 3.64. The summed E-state index contributed by atoms with van der Waals surface area (Å²) < 4.78 is 0. The highest BCUT2D eigenvalue weighted by molar-refractivity contribution is 6.34. The molecule has 0 bridgehead atoms. The van der Waals surface area contributed by atoms with Gasteiger partial charge in [0.05, 0.1) is 16.0 Å². The van der Waals surface area contributed by atoms with Crippen LogP contribution in [-0.4, -0.2) is 24.9 Å². The van der Waals surface area contributed by atoms with E-state index in [2.05, 4.69) is 10.6 Å². The molecule has 108 valence electrons. The van der Waals surface area contributed by atoms with Crippen molar-refractivity contribution in [2.45, 2.75) is 19.8 Å². The summed E-state index contributed by atoms with van der Waals surface area (Å²) in [5, 5.41) is 6.33. The van der Waals surface area contributed by atoms with Gasteiger partial charge in [-0.25, -0.2) is 0 Å². The third-order valence-corrected chi connectivity index (χ3v) is 3.96. The van der Waals surface area contributed by atoms with E-state index < -0.39 is 11.3 Å². The Labute approximate surface area is 122 Å². The average molecular weight is 296 g/mol. The van der Waals surface area contributed by atoms with Crippen molar-refractivity contribution in [3.8, 4) is 0 Å². The van der Waals surface area contributed by atoms with Gasteiger partial charge in [-0.1, -0.05) is 11.6 Å². The van der Waals surface area contributed by atoms with E-state index >= 15 is 0 Å². The number of hydrogen-bond donors (Lipinski definition) is 3. The Morgan fingerprint density at radius 3 is 2.80 bits per heavy atom. The van der Waals surface area contributed by atoms with Gasteiger partial charge in [0.2, 0.25) is 11.8 Å². The predicted octanol–water partition coefficient (Wildman–Crippen LogP) is 1.77. The zero-order valence-corrected chi connectivity index (χ0v) is 12.1. The topological polar surface area (TPSA) is 84.2 Å². The first-order chi connectivity index (χ1) is 9.42. The summed E-state index contributed by atoms with van der Waals surface area (Å²) in [5.41, 5.74) is 5.53. The second-order valence-corrected chi connectivity index (χ2v) is 5.76. The molecule has 1 aromatic rings. The Hall–Kier alpha value is -1.59. The molecule has 1 saturated heterocycles. The maximum absolute atomic E-state index is 12.4. The van der Waals surface area contributed by atoms with Gasteiger partial charge in [0.15, 0.2) is 0 Å². The summed E-state index contributed by atoms with van der Waals surface area (Å²) in [4.78, 5) is 23.6. The number of hydrogen-bond acceptors (Lipinski definition) is 3. The van der Waals surface area contributed by atoms with Gasteiger partial charge < -0.3 is 16.4 Å². The van der Waals surface area contributed by atoms with Crippen LogP contribution in [0.3, 0.4) is 0 Å². The summed E-state index contributed by atoms with van der Waals surface area (Å²) in [6.07, 6.45) is 1.80. The van der Waals surface area contributed by atoms with Crippen molar-refractivity contribution in [3.63, 3.8) is 0 Å². The number of nitrogens with one attached hydrogen (secondary N) is 2. The van der Waals surface area contributed by atoms with Gasteiger partial charge in [0, 0.05) is 12.2 Å². The summed E-state index contributed by atoms with van der Waals surface area (Å²) in [7, 11) is 0. The number of piperidine rings is 1. The smallest absolute Gasteiger partial charge is 0.250 e. The first-order valence-corrected chi connectivity index (χ1v) is 6.92. The molecule has 1 heterocycles. The maximum Gasteiger partial charge on any atom is 0.250 e. The first kappa shape index (κ1) is 14.8. The van der Waals surface area contributed by atoms with E-state index in [1.54, 1.807) is 12.1 Å². The van der Waals surface area contributed by atoms with E-state index in [-0.39, 0.29) is 16.5 Å². The molecule has 1 atom stereocenters. The van der Waals surface area contributed by atoms with E-state index in [0.717, 1.165) is 19.4 Å². The molecule has 0 spiro atoms. The average Bonchev–Trinajstić information content (AvgIpc) is 2.41. The van der Waals surface area contributed by atoms with E-state index in [1.165, 1.54) is 6.07 Å². The van der Waals surface area contributed by atoms with Crippen molar-refractivity contribution < 1.29 is 9.59 Å². The number of carbonyl (C=O) groups is 2. The zero-order valence-electron chi connectivity index (χ0n) is 11.3. The minimum atomic E-state index is -0.614. The number of anilines is 1. The van der Waals surface area contributed by atoms with Crippen molar-refractivity contribution in [1.29, 1.82) is 0 Å². The van der Waals surface area contributed by atoms with Crippen LogP contribution in [0.5, 0.6) is 0 Å². The molecular weight excluding hydrogens is 278 g/mol. The lowest BCUT2D eigenvalue weighted by atomic mass is 9.82. The quantitative estimate of drug-likeness (QED) is 0.794. The van der Waals surface area contributed by atoms with E-state index in [9.17, 15) is 9.59 Å². The molecule has 4 N–H and O–H groups in total. The number of benzene rings is 1. The molecule has 20 heavy (non-hydrogen) atoms. The van der Waals surface area contributed by atoms with Crippen LogP contribution in [0.25, 0.3) is 0 Å². The Morgan fingerprint density at radius 2 is 2.20 bits per heavy atom. The Morgan fingerprint density at radius 1 is 1.45 bits per heavy atom. The molecule has 6 heteroatoms. The van der Waals surface area contributed by atoms with Crippen molar-refractivity contribution in [2.24, 2.45) is 11.1 Å². The summed E-state index contributed by atoms with van der Waals surface area (Å²) in [6, 6.07) is 4.72. The van der Waals surface area contributed by atoms with Crippen molar-refractivity contribution in [2.75, 3.05) is 18.4 Å². The van der Waals surface area contributed by atoms with Crippen LogP contribution in [0.2, 0.25) is 5.02 Å². The predicted molar refractivity (Wildman–Crippen MR) is 78.8 cm³/mol. The molecule has 0 saturated carbocycles. The summed E-state index contributed by atoms with van der Waals surface area (Å²) in [6.45, 7) is 3.52. The van der Waals surface area contributed by atoms with E-state index in [0.29, 0.717) is 12.2 Å². The molecule has 5 nitrogen and oxygen atoms in total. The fraction of sp³-hybridized carbons (Fsp3) is 0.429. The van der Waals surface area contributed by atoms with Crippen LogP contribution in [0.1, 0.15) is 30.1 Å². The van der Waals surface area contributed by atoms with Crippen molar-refractivity contribution in [1.82, 2.24) is 5.32 Å². The number of halogens is 1. The molecular formula is C14H18ClN3O2. The zero-order chi connectivity index (χ0) is 14.8. The largest absolute Gasteiger partial charge is 0.366 e. The summed E-state index contributed by atoms with van der Waals surface area (Å²) >= 11 is 5.88. The molecule has 2 rings (SSSR count). The molecule has 1 aliphatic heterocycles. The Kier molecular flexibility index (Phi) is 4.30. The first-order valence-electron chi connectivity index (χ1n) is 6.54. The fourth-order valence-electron chi connectivity index (χ4n) is 2.32.